The van der Waals surface area contributed by atoms with Gasteiger partial charge in [-0.25, -0.2) is 4.79 Å². The van der Waals surface area contributed by atoms with Gasteiger partial charge in [0.25, 0.3) is 0 Å². The number of para-hydroxylation sites is 1. The molecule has 0 bridgehead atoms. The Hall–Kier alpha value is -1.71. The number of phenols is 1. The first-order valence-electron chi connectivity index (χ1n) is 8.91. The van der Waals surface area contributed by atoms with E-state index in [1.54, 1.807) is 12.1 Å². The maximum absolute atomic E-state index is 11.8. The van der Waals surface area contributed by atoms with Gasteiger partial charge in [0, 0.05) is 0 Å². The molecule has 4 nitrogen and oxygen atoms in total. The number of hydrogen-bond acceptors (Lipinski definition) is 4. The summed E-state index contributed by atoms with van der Waals surface area (Å²) in [6, 6.07) is 4.70. The number of carbonyl (C=O) groups excluding carboxylic acids is 1. The van der Waals surface area contributed by atoms with Crippen LogP contribution in [0.15, 0.2) is 18.2 Å². The lowest BCUT2D eigenvalue weighted by Gasteiger charge is -2.07. The number of hydrogen-bond donors (Lipinski definition) is 2. The summed E-state index contributed by atoms with van der Waals surface area (Å²) in [6.45, 7) is 2.63. The Bertz CT molecular complexity index is 460. The highest BCUT2D eigenvalue weighted by atomic mass is 16.5. The second kappa shape index (κ2) is 11.8. The molecule has 0 saturated carbocycles. The summed E-state index contributed by atoms with van der Waals surface area (Å²) in [5.74, 6) is -0.703. The van der Waals surface area contributed by atoms with Gasteiger partial charge in [0.1, 0.15) is 5.56 Å². The van der Waals surface area contributed by atoms with Crippen molar-refractivity contribution in [3.8, 4) is 5.75 Å². The van der Waals surface area contributed by atoms with Crippen LogP contribution in [0.4, 0.5) is 5.69 Å². The van der Waals surface area contributed by atoms with Crippen molar-refractivity contribution in [1.29, 1.82) is 0 Å². The standard InChI is InChI=1S/C19H31NO3/c1-2-3-4-5-6-7-8-9-10-11-15-23-19(22)16-13-12-14-17(20)18(16)21/h12-14,21H,2-11,15,20H2,1H3. The summed E-state index contributed by atoms with van der Waals surface area (Å²) in [4.78, 5) is 11.8. The van der Waals surface area contributed by atoms with E-state index in [1.165, 1.54) is 57.4 Å². The molecule has 0 spiro atoms. The molecule has 0 aromatic heterocycles. The largest absolute Gasteiger partial charge is 0.505 e. The van der Waals surface area contributed by atoms with Crippen LogP contribution >= 0.6 is 0 Å². The highest BCUT2D eigenvalue weighted by Gasteiger charge is 2.13. The second-order valence-electron chi connectivity index (χ2n) is 6.06. The molecule has 0 saturated heterocycles. The molecule has 1 rings (SSSR count). The van der Waals surface area contributed by atoms with Crippen LogP contribution in [-0.2, 0) is 4.74 Å². The van der Waals surface area contributed by atoms with Gasteiger partial charge in [-0.2, -0.15) is 0 Å². The fraction of sp³-hybridized carbons (Fsp3) is 0.632. The van der Waals surface area contributed by atoms with Crippen molar-refractivity contribution in [3.63, 3.8) is 0 Å². The number of benzene rings is 1. The number of anilines is 1. The average molecular weight is 321 g/mol. The van der Waals surface area contributed by atoms with Gasteiger partial charge in [-0.1, -0.05) is 70.8 Å². The minimum absolute atomic E-state index is 0.136. The van der Waals surface area contributed by atoms with E-state index in [0.717, 1.165) is 12.8 Å². The lowest BCUT2D eigenvalue weighted by Crippen LogP contribution is -2.07. The van der Waals surface area contributed by atoms with Crippen LogP contribution in [-0.4, -0.2) is 17.7 Å². The van der Waals surface area contributed by atoms with Gasteiger partial charge in [-0.3, -0.25) is 0 Å². The van der Waals surface area contributed by atoms with Crippen molar-refractivity contribution in [2.45, 2.75) is 71.1 Å². The molecule has 0 heterocycles. The van der Waals surface area contributed by atoms with Gasteiger partial charge in [-0.15, -0.1) is 0 Å². The maximum Gasteiger partial charge on any atom is 0.341 e. The maximum atomic E-state index is 11.8. The molecule has 1 aromatic rings. The molecule has 4 heteroatoms. The van der Waals surface area contributed by atoms with Gasteiger partial charge in [0.2, 0.25) is 0 Å². The number of aromatic hydroxyl groups is 1. The van der Waals surface area contributed by atoms with E-state index in [-0.39, 0.29) is 17.0 Å². The number of unbranched alkanes of at least 4 members (excludes halogenated alkanes) is 9. The molecule has 0 unspecified atom stereocenters. The predicted octanol–water partition coefficient (Wildman–Crippen LogP) is 5.05. The molecule has 0 atom stereocenters. The van der Waals surface area contributed by atoms with Crippen molar-refractivity contribution in [3.05, 3.63) is 23.8 Å². The zero-order valence-electron chi connectivity index (χ0n) is 14.4. The number of nitrogen functional groups attached to an aromatic ring is 1. The highest BCUT2D eigenvalue weighted by Crippen LogP contribution is 2.25. The lowest BCUT2D eigenvalue weighted by atomic mass is 10.1. The smallest absolute Gasteiger partial charge is 0.341 e. The summed E-state index contributed by atoms with van der Waals surface area (Å²) in [6.07, 6.45) is 12.4. The SMILES string of the molecule is CCCCCCCCCCCCOC(=O)c1cccc(N)c1O. The monoisotopic (exact) mass is 321 g/mol. The third kappa shape index (κ3) is 7.91. The van der Waals surface area contributed by atoms with Crippen LogP contribution in [0.2, 0.25) is 0 Å². The van der Waals surface area contributed by atoms with Crippen LogP contribution in [0.5, 0.6) is 5.75 Å². The Balaban J connectivity index is 2.03. The fourth-order valence-corrected chi connectivity index (χ4v) is 2.56. The number of rotatable bonds is 12. The first-order valence-corrected chi connectivity index (χ1v) is 8.91. The Labute approximate surface area is 140 Å². The van der Waals surface area contributed by atoms with Crippen LogP contribution in [0.25, 0.3) is 0 Å². The fourth-order valence-electron chi connectivity index (χ4n) is 2.56. The zero-order valence-corrected chi connectivity index (χ0v) is 14.4. The van der Waals surface area contributed by atoms with Crippen molar-refractivity contribution in [2.75, 3.05) is 12.3 Å². The third-order valence-electron chi connectivity index (χ3n) is 4.02. The molecule has 1 aromatic carbocycles. The van der Waals surface area contributed by atoms with Crippen LogP contribution in [0.3, 0.4) is 0 Å². The summed E-state index contributed by atoms with van der Waals surface area (Å²) < 4.78 is 5.18. The minimum Gasteiger partial charge on any atom is -0.505 e. The van der Waals surface area contributed by atoms with Gasteiger partial charge in [0.05, 0.1) is 12.3 Å². The van der Waals surface area contributed by atoms with Crippen molar-refractivity contribution in [1.82, 2.24) is 0 Å². The molecule has 0 fully saturated rings. The van der Waals surface area contributed by atoms with E-state index in [1.807, 2.05) is 0 Å². The summed E-state index contributed by atoms with van der Waals surface area (Å²) >= 11 is 0. The Morgan fingerprint density at radius 2 is 1.57 bits per heavy atom. The van der Waals surface area contributed by atoms with Gasteiger partial charge >= 0.3 is 5.97 Å². The molecule has 3 N–H and O–H groups in total. The first-order chi connectivity index (χ1) is 11.2. The molecular formula is C19H31NO3. The van der Waals surface area contributed by atoms with Crippen LogP contribution in [0.1, 0.15) is 81.5 Å². The Morgan fingerprint density at radius 3 is 2.17 bits per heavy atom. The number of esters is 1. The first kappa shape index (κ1) is 19.3. The van der Waals surface area contributed by atoms with Crippen LogP contribution < -0.4 is 5.73 Å². The summed E-state index contributed by atoms with van der Waals surface area (Å²) in [5.41, 5.74) is 5.89. The Morgan fingerprint density at radius 1 is 1.00 bits per heavy atom. The minimum atomic E-state index is -0.509. The van der Waals surface area contributed by atoms with E-state index in [0.29, 0.717) is 6.61 Å². The van der Waals surface area contributed by atoms with Gasteiger partial charge in [-0.05, 0) is 18.6 Å². The predicted molar refractivity (Wildman–Crippen MR) is 94.6 cm³/mol. The number of carbonyl (C=O) groups is 1. The highest BCUT2D eigenvalue weighted by molar-refractivity contribution is 5.94. The third-order valence-corrected chi connectivity index (χ3v) is 4.02. The van der Waals surface area contributed by atoms with Gasteiger partial charge in [0.15, 0.2) is 5.75 Å². The van der Waals surface area contributed by atoms with Gasteiger partial charge < -0.3 is 15.6 Å². The lowest BCUT2D eigenvalue weighted by molar-refractivity contribution is 0.0494. The second-order valence-corrected chi connectivity index (χ2v) is 6.06. The molecule has 0 radical (unpaired) electrons. The number of nitrogens with two attached hydrogens (primary N) is 1. The molecule has 0 aliphatic rings. The quantitative estimate of drug-likeness (QED) is 0.244. The molecule has 23 heavy (non-hydrogen) atoms. The Kier molecular flexibility index (Phi) is 9.92. The molecule has 130 valence electrons. The van der Waals surface area contributed by atoms with Crippen molar-refractivity contribution in [2.24, 2.45) is 0 Å². The molecular weight excluding hydrogens is 290 g/mol. The zero-order chi connectivity index (χ0) is 16.9. The molecule has 0 aliphatic carbocycles. The van der Waals surface area contributed by atoms with Crippen LogP contribution in [0, 0.1) is 0 Å². The van der Waals surface area contributed by atoms with E-state index >= 15 is 0 Å². The normalized spacial score (nSPS) is 10.7. The van der Waals surface area contributed by atoms with E-state index in [2.05, 4.69) is 6.92 Å². The molecule has 0 amide bonds. The average Bonchev–Trinajstić information content (AvgIpc) is 2.55. The van der Waals surface area contributed by atoms with Crippen molar-refractivity contribution >= 4 is 11.7 Å². The van der Waals surface area contributed by atoms with E-state index < -0.39 is 5.97 Å². The summed E-state index contributed by atoms with van der Waals surface area (Å²) in [7, 11) is 0. The van der Waals surface area contributed by atoms with Crippen molar-refractivity contribution < 1.29 is 14.6 Å². The number of phenolic OH excluding ortho intramolecular Hbond substituents is 1. The summed E-state index contributed by atoms with van der Waals surface area (Å²) in [5, 5.41) is 9.72. The molecule has 0 aliphatic heterocycles. The number of ether oxygens (including phenoxy) is 1. The van der Waals surface area contributed by atoms with E-state index in [9.17, 15) is 9.90 Å². The van der Waals surface area contributed by atoms with E-state index in [4.69, 9.17) is 10.5 Å². The topological polar surface area (TPSA) is 72.5 Å².